The molecule has 0 aliphatic carbocycles. The van der Waals surface area contributed by atoms with Gasteiger partial charge in [-0.2, -0.15) is 0 Å². The number of aromatic nitrogens is 4. The molecule has 2 heterocycles. The molecule has 2 rings (SSSR count). The highest BCUT2D eigenvalue weighted by Gasteiger charge is 2.35. The van der Waals surface area contributed by atoms with E-state index in [-0.39, 0.29) is 18.8 Å². The van der Waals surface area contributed by atoms with Gasteiger partial charge in [0, 0.05) is 36.6 Å². The lowest BCUT2D eigenvalue weighted by atomic mass is 9.96. The number of carbonyl (C=O) groups excluding carboxylic acids is 6. The molecule has 2 aromatic rings. The summed E-state index contributed by atoms with van der Waals surface area (Å²) in [7, 11) is 0. The standard InChI is InChI=1S/C30H47N11O8/c1-6-15(4)24(41-27(45)19(7-17-10-33-12-35-17)38-28(46)23(32)14(2)3)29(47)39-20(9-22(31)42)26(44)37-16(5)25(43)40-21(30(48)49)8-18-11-34-13-36-18/h10-16,19-21,23-24H,6-9,32H2,1-5H3,(H2,31,42)(H,33,35)(H,34,36)(H,37,44)(H,38,46)(H,39,47)(H,40,43)(H,41,45)(H,48,49)/t15-,16-,19-,20-,21-,23-,24-/m0/s1. The van der Waals surface area contributed by atoms with Gasteiger partial charge in [-0.3, -0.25) is 28.8 Å². The zero-order valence-corrected chi connectivity index (χ0v) is 28.1. The molecular weight excluding hydrogens is 642 g/mol. The summed E-state index contributed by atoms with van der Waals surface area (Å²) in [6.45, 7) is 8.23. The fourth-order valence-electron chi connectivity index (χ4n) is 4.52. The number of aromatic amines is 2. The van der Waals surface area contributed by atoms with Crippen LogP contribution in [0.2, 0.25) is 0 Å². The zero-order chi connectivity index (χ0) is 36.8. The van der Waals surface area contributed by atoms with Crippen LogP contribution >= 0.6 is 0 Å². The van der Waals surface area contributed by atoms with Crippen molar-refractivity contribution in [1.29, 1.82) is 0 Å². The van der Waals surface area contributed by atoms with E-state index in [0.717, 1.165) is 0 Å². The molecule has 49 heavy (non-hydrogen) atoms. The molecule has 0 aliphatic heterocycles. The first-order chi connectivity index (χ1) is 23.0. The minimum absolute atomic E-state index is 0.00544. The van der Waals surface area contributed by atoms with Crippen molar-refractivity contribution in [2.75, 3.05) is 0 Å². The van der Waals surface area contributed by atoms with Crippen LogP contribution in [0.15, 0.2) is 25.0 Å². The summed E-state index contributed by atoms with van der Waals surface area (Å²) in [4.78, 5) is 103. The number of H-pyrrole nitrogens is 2. The van der Waals surface area contributed by atoms with Crippen LogP contribution in [0, 0.1) is 11.8 Å². The second-order valence-electron chi connectivity index (χ2n) is 12.1. The summed E-state index contributed by atoms with van der Waals surface area (Å²) in [6, 6.07) is -7.51. The second kappa shape index (κ2) is 18.9. The molecular formula is C30H47N11O8. The molecule has 0 aromatic carbocycles. The molecule has 19 heteroatoms. The highest BCUT2D eigenvalue weighted by molar-refractivity contribution is 5.97. The maximum absolute atomic E-state index is 13.6. The molecule has 0 spiro atoms. The minimum atomic E-state index is -1.56. The molecule has 0 fully saturated rings. The molecule has 0 unspecified atom stereocenters. The van der Waals surface area contributed by atoms with Crippen molar-refractivity contribution in [3.05, 3.63) is 36.4 Å². The van der Waals surface area contributed by atoms with E-state index in [9.17, 15) is 38.7 Å². The number of aliphatic carboxylic acids is 1. The average molecular weight is 690 g/mol. The van der Waals surface area contributed by atoms with Crippen LogP contribution in [0.25, 0.3) is 0 Å². The van der Waals surface area contributed by atoms with E-state index >= 15 is 0 Å². The molecule has 19 nitrogen and oxygen atoms in total. The summed E-state index contributed by atoms with van der Waals surface area (Å²) in [6.07, 6.45) is 5.26. The van der Waals surface area contributed by atoms with Crippen molar-refractivity contribution in [2.24, 2.45) is 23.3 Å². The van der Waals surface area contributed by atoms with Crippen molar-refractivity contribution in [1.82, 2.24) is 46.5 Å². The molecule has 0 radical (unpaired) electrons. The number of nitrogens with one attached hydrogen (secondary N) is 7. The third kappa shape index (κ3) is 12.7. The van der Waals surface area contributed by atoms with Gasteiger partial charge in [0.15, 0.2) is 0 Å². The van der Waals surface area contributed by atoms with Crippen LogP contribution in [-0.2, 0) is 46.4 Å². The lowest BCUT2D eigenvalue weighted by molar-refractivity contribution is -0.142. The molecule has 0 saturated carbocycles. The van der Waals surface area contributed by atoms with E-state index in [0.29, 0.717) is 17.8 Å². The first kappa shape index (κ1) is 39.8. The predicted octanol–water partition coefficient (Wildman–Crippen LogP) is -2.65. The number of imidazole rings is 2. The number of nitrogens with zero attached hydrogens (tertiary/aromatic N) is 2. The predicted molar refractivity (Wildman–Crippen MR) is 174 cm³/mol. The van der Waals surface area contributed by atoms with Crippen LogP contribution in [-0.4, -0.2) is 103 Å². The third-order valence-electron chi connectivity index (χ3n) is 7.81. The Morgan fingerprint density at radius 2 is 1.24 bits per heavy atom. The van der Waals surface area contributed by atoms with Crippen molar-refractivity contribution < 1.29 is 38.7 Å². The topological polar surface area (TPSA) is 309 Å². The number of carboxylic acid groups (broad SMARTS) is 1. The Labute approximate surface area is 282 Å². The number of rotatable bonds is 20. The maximum atomic E-state index is 13.6. The summed E-state index contributed by atoms with van der Waals surface area (Å²) < 4.78 is 0. The number of carboxylic acids is 1. The number of amides is 6. The molecule has 0 bridgehead atoms. The van der Waals surface area contributed by atoms with Crippen LogP contribution in [0.3, 0.4) is 0 Å². The first-order valence-electron chi connectivity index (χ1n) is 15.8. The minimum Gasteiger partial charge on any atom is -0.480 e. The van der Waals surface area contributed by atoms with Crippen molar-refractivity contribution in [2.45, 2.75) is 96.6 Å². The van der Waals surface area contributed by atoms with Gasteiger partial charge in [-0.25, -0.2) is 14.8 Å². The molecule has 12 N–H and O–H groups in total. The van der Waals surface area contributed by atoms with Crippen LogP contribution in [0.1, 0.15) is 58.8 Å². The normalized spacial score (nSPS) is 15.4. The fourth-order valence-corrected chi connectivity index (χ4v) is 4.52. The highest BCUT2D eigenvalue weighted by Crippen LogP contribution is 2.11. The lowest BCUT2D eigenvalue weighted by Gasteiger charge is -2.29. The van der Waals surface area contributed by atoms with Gasteiger partial charge in [0.25, 0.3) is 0 Å². The smallest absolute Gasteiger partial charge is 0.326 e. The highest BCUT2D eigenvalue weighted by atomic mass is 16.4. The summed E-state index contributed by atoms with van der Waals surface area (Å²) in [5.41, 5.74) is 12.3. The van der Waals surface area contributed by atoms with E-state index in [1.165, 1.54) is 32.0 Å². The van der Waals surface area contributed by atoms with E-state index in [1.54, 1.807) is 27.7 Å². The largest absolute Gasteiger partial charge is 0.480 e. The molecule has 2 aromatic heterocycles. The SMILES string of the molecule is CC[C@H](C)[C@H](NC(=O)[C@H](Cc1cnc[nH]1)NC(=O)[C@@H](N)C(C)C)C(=O)N[C@@H](CC(N)=O)C(=O)N[C@@H](C)C(=O)N[C@@H](Cc1cnc[nH]1)C(=O)O. The summed E-state index contributed by atoms with van der Waals surface area (Å²) in [5.74, 6) is -6.93. The van der Waals surface area contributed by atoms with Gasteiger partial charge in [0.1, 0.15) is 30.2 Å². The van der Waals surface area contributed by atoms with Gasteiger partial charge in [-0.15, -0.1) is 0 Å². The maximum Gasteiger partial charge on any atom is 0.326 e. The monoisotopic (exact) mass is 689 g/mol. The van der Waals surface area contributed by atoms with Crippen molar-refractivity contribution in [3.63, 3.8) is 0 Å². The van der Waals surface area contributed by atoms with Crippen LogP contribution in [0.4, 0.5) is 0 Å². The summed E-state index contributed by atoms with van der Waals surface area (Å²) >= 11 is 0. The number of hydrogen-bond acceptors (Lipinski definition) is 10. The molecule has 0 aliphatic rings. The van der Waals surface area contributed by atoms with Crippen LogP contribution in [0.5, 0.6) is 0 Å². The molecule has 6 amide bonds. The van der Waals surface area contributed by atoms with E-state index < -0.39 is 90.0 Å². The molecule has 7 atom stereocenters. The quantitative estimate of drug-likeness (QED) is 0.0685. The Morgan fingerprint density at radius 3 is 1.71 bits per heavy atom. The van der Waals surface area contributed by atoms with E-state index in [1.807, 2.05) is 0 Å². The van der Waals surface area contributed by atoms with E-state index in [2.05, 4.69) is 46.5 Å². The number of carbonyl (C=O) groups is 7. The van der Waals surface area contributed by atoms with Gasteiger partial charge >= 0.3 is 5.97 Å². The van der Waals surface area contributed by atoms with Gasteiger partial charge in [-0.05, 0) is 18.8 Å². The Kier molecular flexibility index (Phi) is 15.3. The Balaban J connectivity index is 2.19. The van der Waals surface area contributed by atoms with Gasteiger partial charge in [-0.1, -0.05) is 34.1 Å². The Hall–Kier alpha value is -5.33. The lowest BCUT2D eigenvalue weighted by Crippen LogP contribution is -2.61. The molecule has 0 saturated heterocycles. The van der Waals surface area contributed by atoms with Crippen molar-refractivity contribution >= 4 is 41.4 Å². The third-order valence-corrected chi connectivity index (χ3v) is 7.81. The summed E-state index contributed by atoms with van der Waals surface area (Å²) in [5, 5.41) is 21.9. The Bertz CT molecular complexity index is 1430. The zero-order valence-electron chi connectivity index (χ0n) is 28.1. The molecule has 270 valence electrons. The second-order valence-corrected chi connectivity index (χ2v) is 12.1. The first-order valence-corrected chi connectivity index (χ1v) is 15.8. The Morgan fingerprint density at radius 1 is 0.735 bits per heavy atom. The van der Waals surface area contributed by atoms with Gasteiger partial charge in [0.2, 0.25) is 35.4 Å². The van der Waals surface area contributed by atoms with Crippen LogP contribution < -0.4 is 38.1 Å². The fraction of sp³-hybridized carbons (Fsp3) is 0.567. The number of primary amides is 1. The number of nitrogens with two attached hydrogens (primary N) is 2. The van der Waals surface area contributed by atoms with Crippen molar-refractivity contribution in [3.8, 4) is 0 Å². The van der Waals surface area contributed by atoms with E-state index in [4.69, 9.17) is 11.5 Å². The average Bonchev–Trinajstić information content (AvgIpc) is 3.76. The number of hydrogen-bond donors (Lipinski definition) is 10. The van der Waals surface area contributed by atoms with Gasteiger partial charge in [0.05, 0.1) is 25.1 Å². The van der Waals surface area contributed by atoms with Gasteiger partial charge < -0.3 is 53.1 Å².